The summed E-state index contributed by atoms with van der Waals surface area (Å²) in [6.45, 7) is 2.03. The molecule has 0 spiro atoms. The van der Waals surface area contributed by atoms with Crippen molar-refractivity contribution in [3.8, 4) is 11.4 Å². The van der Waals surface area contributed by atoms with E-state index in [2.05, 4.69) is 10.1 Å². The summed E-state index contributed by atoms with van der Waals surface area (Å²) < 4.78 is 24.1. The number of carboxylic acids is 1. The highest BCUT2D eigenvalue weighted by molar-refractivity contribution is 5.78. The molecular formula is C19H22FN3O5. The first-order chi connectivity index (χ1) is 13.4. The van der Waals surface area contributed by atoms with Gasteiger partial charge < -0.3 is 19.3 Å². The number of carboxylic acid groups (broad SMARTS) is 1. The second kappa shape index (κ2) is 8.47. The van der Waals surface area contributed by atoms with Crippen LogP contribution >= 0.6 is 0 Å². The topological polar surface area (TPSA) is 106 Å². The van der Waals surface area contributed by atoms with E-state index in [1.807, 2.05) is 0 Å². The first-order valence-electron chi connectivity index (χ1n) is 9.00. The van der Waals surface area contributed by atoms with Crippen LogP contribution in [0.1, 0.15) is 30.7 Å². The number of halogens is 1. The second-order valence-electron chi connectivity index (χ2n) is 6.87. The molecule has 0 radical (unpaired) electrons. The number of methoxy groups -OCH3 is 1. The molecule has 9 heteroatoms. The van der Waals surface area contributed by atoms with Crippen molar-refractivity contribution in [3.05, 3.63) is 35.5 Å². The number of benzene rings is 1. The maximum Gasteiger partial charge on any atom is 0.305 e. The van der Waals surface area contributed by atoms with E-state index in [0.29, 0.717) is 24.1 Å². The molecule has 2 atom stereocenters. The molecule has 1 amide bonds. The molecule has 1 aliphatic heterocycles. The summed E-state index contributed by atoms with van der Waals surface area (Å²) in [7, 11) is 1.55. The third-order valence-electron chi connectivity index (χ3n) is 4.89. The van der Waals surface area contributed by atoms with Crippen LogP contribution in [0.5, 0.6) is 0 Å². The van der Waals surface area contributed by atoms with Crippen LogP contribution < -0.4 is 0 Å². The number of hydrogen-bond donors (Lipinski definition) is 1. The SMILES string of the molecule is COC1CC(CC(=O)O)N(C(=O)CCc2nc(-c3ccc(C)c(F)c3)no2)C1. The van der Waals surface area contributed by atoms with Crippen LogP contribution in [0.15, 0.2) is 22.7 Å². The molecule has 1 aromatic carbocycles. The summed E-state index contributed by atoms with van der Waals surface area (Å²) in [4.78, 5) is 29.4. The number of ether oxygens (including phenoxy) is 1. The van der Waals surface area contributed by atoms with E-state index >= 15 is 0 Å². The van der Waals surface area contributed by atoms with Crippen molar-refractivity contribution in [1.29, 1.82) is 0 Å². The van der Waals surface area contributed by atoms with Crippen molar-refractivity contribution in [3.63, 3.8) is 0 Å². The Morgan fingerprint density at radius 3 is 2.89 bits per heavy atom. The number of carbonyl (C=O) groups is 2. The Labute approximate surface area is 161 Å². The number of carbonyl (C=O) groups excluding carboxylic acids is 1. The number of aryl methyl sites for hydroxylation is 2. The third kappa shape index (κ3) is 4.53. The van der Waals surface area contributed by atoms with Gasteiger partial charge >= 0.3 is 5.97 Å². The Bertz CT molecular complexity index is 869. The maximum atomic E-state index is 13.7. The van der Waals surface area contributed by atoms with Gasteiger partial charge in [0.2, 0.25) is 17.6 Å². The van der Waals surface area contributed by atoms with Crippen LogP contribution in [0.2, 0.25) is 0 Å². The molecule has 2 heterocycles. The minimum atomic E-state index is -0.952. The fraction of sp³-hybridized carbons (Fsp3) is 0.474. The molecule has 0 aliphatic carbocycles. The fourth-order valence-electron chi connectivity index (χ4n) is 3.31. The molecule has 2 aromatic rings. The van der Waals surface area contributed by atoms with Gasteiger partial charge in [-0.3, -0.25) is 9.59 Å². The summed E-state index contributed by atoms with van der Waals surface area (Å²) in [5.74, 6) is -0.976. The Kier molecular flexibility index (Phi) is 6.03. The van der Waals surface area contributed by atoms with Crippen molar-refractivity contribution in [1.82, 2.24) is 15.0 Å². The monoisotopic (exact) mass is 391 g/mol. The zero-order valence-electron chi connectivity index (χ0n) is 15.7. The molecule has 1 fully saturated rings. The van der Waals surface area contributed by atoms with Gasteiger partial charge in [0.1, 0.15) is 5.82 Å². The highest BCUT2D eigenvalue weighted by Crippen LogP contribution is 2.24. The molecule has 3 rings (SSSR count). The highest BCUT2D eigenvalue weighted by atomic mass is 19.1. The summed E-state index contributed by atoms with van der Waals surface area (Å²) >= 11 is 0. The van der Waals surface area contributed by atoms with Crippen LogP contribution in [0.4, 0.5) is 4.39 Å². The van der Waals surface area contributed by atoms with Crippen molar-refractivity contribution >= 4 is 11.9 Å². The quantitative estimate of drug-likeness (QED) is 0.771. The van der Waals surface area contributed by atoms with E-state index in [9.17, 15) is 14.0 Å². The largest absolute Gasteiger partial charge is 0.481 e. The van der Waals surface area contributed by atoms with E-state index in [1.54, 1.807) is 31.1 Å². The highest BCUT2D eigenvalue weighted by Gasteiger charge is 2.36. The van der Waals surface area contributed by atoms with E-state index in [-0.39, 0.29) is 54.8 Å². The van der Waals surface area contributed by atoms with Crippen LogP contribution in [0, 0.1) is 12.7 Å². The lowest BCUT2D eigenvalue weighted by Crippen LogP contribution is -2.37. The van der Waals surface area contributed by atoms with E-state index in [0.717, 1.165) is 0 Å². The van der Waals surface area contributed by atoms with Gasteiger partial charge in [0, 0.05) is 38.1 Å². The molecule has 8 nitrogen and oxygen atoms in total. The number of likely N-dealkylation sites (tertiary alicyclic amines) is 1. The summed E-state index contributed by atoms with van der Waals surface area (Å²) in [6, 6.07) is 4.28. The molecule has 1 aliphatic rings. The maximum absolute atomic E-state index is 13.7. The van der Waals surface area contributed by atoms with Crippen LogP contribution in [-0.4, -0.2) is 57.8 Å². The van der Waals surface area contributed by atoms with Gasteiger partial charge in [0.05, 0.1) is 12.5 Å². The first-order valence-corrected chi connectivity index (χ1v) is 9.00. The van der Waals surface area contributed by atoms with Gasteiger partial charge in [-0.05, 0) is 25.0 Å². The van der Waals surface area contributed by atoms with Crippen molar-refractivity contribution in [2.24, 2.45) is 0 Å². The number of aliphatic carboxylic acids is 1. The van der Waals surface area contributed by atoms with E-state index in [1.165, 1.54) is 6.07 Å². The van der Waals surface area contributed by atoms with Crippen molar-refractivity contribution < 1.29 is 28.3 Å². The van der Waals surface area contributed by atoms with Gasteiger partial charge in [-0.2, -0.15) is 4.98 Å². The van der Waals surface area contributed by atoms with Gasteiger partial charge in [-0.15, -0.1) is 0 Å². The first kappa shape index (κ1) is 19.9. The zero-order chi connectivity index (χ0) is 20.3. The lowest BCUT2D eigenvalue weighted by molar-refractivity contribution is -0.139. The van der Waals surface area contributed by atoms with Gasteiger partial charge in [-0.25, -0.2) is 4.39 Å². The molecule has 0 bridgehead atoms. The normalized spacial score (nSPS) is 19.2. The van der Waals surface area contributed by atoms with E-state index < -0.39 is 5.97 Å². The number of rotatable bonds is 7. The molecular weight excluding hydrogens is 369 g/mol. The average Bonchev–Trinajstić information content (AvgIpc) is 3.28. The third-order valence-corrected chi connectivity index (χ3v) is 4.89. The standard InChI is InChI=1S/C19H22FN3O5/c1-11-3-4-12(7-15(11)20)19-21-16(28-22-19)5-6-17(24)23-10-14(27-2)8-13(23)9-18(25)26/h3-4,7,13-14H,5-6,8-10H2,1-2H3,(H,25,26). The summed E-state index contributed by atoms with van der Waals surface area (Å²) in [6.07, 6.45) is 0.540. The number of nitrogens with zero attached hydrogens (tertiary/aromatic N) is 3. The fourth-order valence-corrected chi connectivity index (χ4v) is 3.31. The smallest absolute Gasteiger partial charge is 0.305 e. The van der Waals surface area contributed by atoms with E-state index in [4.69, 9.17) is 14.4 Å². The zero-order valence-corrected chi connectivity index (χ0v) is 15.7. The average molecular weight is 391 g/mol. The minimum Gasteiger partial charge on any atom is -0.481 e. The molecule has 1 aromatic heterocycles. The van der Waals surface area contributed by atoms with Crippen LogP contribution in [0.25, 0.3) is 11.4 Å². The predicted molar refractivity (Wildman–Crippen MR) is 95.9 cm³/mol. The minimum absolute atomic E-state index is 0.108. The molecule has 1 saturated heterocycles. The molecule has 150 valence electrons. The Morgan fingerprint density at radius 2 is 2.21 bits per heavy atom. The molecule has 2 unspecified atom stereocenters. The summed E-state index contributed by atoms with van der Waals surface area (Å²) in [5.41, 5.74) is 1.02. The second-order valence-corrected chi connectivity index (χ2v) is 6.87. The molecule has 1 N–H and O–H groups in total. The molecule has 28 heavy (non-hydrogen) atoms. The predicted octanol–water partition coefficient (Wildman–Crippen LogP) is 2.21. The Morgan fingerprint density at radius 1 is 1.43 bits per heavy atom. The lowest BCUT2D eigenvalue weighted by Gasteiger charge is -2.22. The number of aromatic nitrogens is 2. The van der Waals surface area contributed by atoms with Crippen molar-refractivity contribution in [2.75, 3.05) is 13.7 Å². The number of amides is 1. The van der Waals surface area contributed by atoms with Gasteiger partial charge in [0.25, 0.3) is 0 Å². The Hall–Kier alpha value is -2.81. The van der Waals surface area contributed by atoms with Gasteiger partial charge in [-0.1, -0.05) is 17.3 Å². The van der Waals surface area contributed by atoms with Crippen LogP contribution in [0.3, 0.4) is 0 Å². The van der Waals surface area contributed by atoms with Crippen LogP contribution in [-0.2, 0) is 20.7 Å². The lowest BCUT2D eigenvalue weighted by atomic mass is 10.1. The summed E-state index contributed by atoms with van der Waals surface area (Å²) in [5, 5.41) is 12.9. The Balaban J connectivity index is 1.62. The van der Waals surface area contributed by atoms with Gasteiger partial charge in [0.15, 0.2) is 0 Å². The number of hydrogen-bond acceptors (Lipinski definition) is 6. The molecule has 0 saturated carbocycles. The van der Waals surface area contributed by atoms with Crippen molar-refractivity contribution in [2.45, 2.75) is 44.8 Å².